The maximum atomic E-state index is 6.11. The van der Waals surface area contributed by atoms with Crippen LogP contribution in [0.25, 0.3) is 10.9 Å². The molecule has 5 heteroatoms. The summed E-state index contributed by atoms with van der Waals surface area (Å²) in [4.78, 5) is 4.21. The summed E-state index contributed by atoms with van der Waals surface area (Å²) >= 11 is 15.5. The predicted molar refractivity (Wildman–Crippen MR) is 69.0 cm³/mol. The highest BCUT2D eigenvalue weighted by Gasteiger charge is 2.11. The monoisotopic (exact) mass is 304 g/mol. The van der Waals surface area contributed by atoms with Crippen LogP contribution in [-0.4, -0.2) is 12.0 Å². The molecule has 0 radical (unpaired) electrons. The summed E-state index contributed by atoms with van der Waals surface area (Å²) in [5, 5.41) is 4.99. The van der Waals surface area contributed by atoms with Crippen molar-refractivity contribution in [2.75, 3.05) is 12.4 Å². The molecule has 1 aromatic heterocycles. The first kappa shape index (κ1) is 11.0. The lowest BCUT2D eigenvalue weighted by atomic mass is 10.2. The van der Waals surface area contributed by atoms with E-state index in [1.165, 1.54) is 0 Å². The number of rotatable bonds is 1. The number of pyridine rings is 1. The van der Waals surface area contributed by atoms with Crippen LogP contribution < -0.4 is 5.32 Å². The molecule has 0 unspecified atom stereocenters. The molecule has 78 valence electrons. The Hall–Kier alpha value is -0.510. The van der Waals surface area contributed by atoms with Gasteiger partial charge in [0.15, 0.2) is 0 Å². The predicted octanol–water partition coefficient (Wildman–Crippen LogP) is 4.35. The van der Waals surface area contributed by atoms with E-state index in [1.54, 1.807) is 6.20 Å². The second kappa shape index (κ2) is 4.16. The van der Waals surface area contributed by atoms with Gasteiger partial charge in [-0.1, -0.05) is 23.2 Å². The molecule has 2 nitrogen and oxygen atoms in total. The van der Waals surface area contributed by atoms with Gasteiger partial charge in [-0.3, -0.25) is 4.98 Å². The first-order valence-electron chi connectivity index (χ1n) is 4.25. The van der Waals surface area contributed by atoms with E-state index in [0.717, 1.165) is 15.5 Å². The highest BCUT2D eigenvalue weighted by atomic mass is 79.9. The van der Waals surface area contributed by atoms with Crippen LogP contribution in [0.15, 0.2) is 22.8 Å². The molecule has 1 heterocycles. The second-order valence-corrected chi connectivity index (χ2v) is 4.60. The van der Waals surface area contributed by atoms with Crippen LogP contribution in [0.4, 0.5) is 5.69 Å². The number of benzene rings is 1. The number of hydrogen-bond donors (Lipinski definition) is 1. The normalized spacial score (nSPS) is 10.7. The van der Waals surface area contributed by atoms with Crippen molar-refractivity contribution < 1.29 is 0 Å². The molecule has 0 spiro atoms. The van der Waals surface area contributed by atoms with Crippen molar-refractivity contribution in [3.05, 3.63) is 32.8 Å². The van der Waals surface area contributed by atoms with Crippen LogP contribution in [0.2, 0.25) is 10.0 Å². The van der Waals surface area contributed by atoms with Crippen molar-refractivity contribution >= 4 is 55.7 Å². The molecular weight excluding hydrogens is 299 g/mol. The van der Waals surface area contributed by atoms with Gasteiger partial charge < -0.3 is 5.32 Å². The quantitative estimate of drug-likeness (QED) is 0.793. The van der Waals surface area contributed by atoms with Crippen LogP contribution in [0.5, 0.6) is 0 Å². The minimum absolute atomic E-state index is 0.471. The van der Waals surface area contributed by atoms with E-state index in [4.69, 9.17) is 23.2 Å². The summed E-state index contributed by atoms with van der Waals surface area (Å²) in [6.07, 6.45) is 1.70. The van der Waals surface area contributed by atoms with Gasteiger partial charge in [0.05, 0.1) is 15.6 Å². The molecule has 0 atom stereocenters. The SMILES string of the molecule is CNc1ccnc2c(Cl)c(Cl)c(Br)cc12. The fourth-order valence-electron chi connectivity index (χ4n) is 1.41. The van der Waals surface area contributed by atoms with Gasteiger partial charge in [-0.25, -0.2) is 0 Å². The van der Waals surface area contributed by atoms with E-state index < -0.39 is 0 Å². The maximum absolute atomic E-state index is 6.11. The number of anilines is 1. The second-order valence-electron chi connectivity index (χ2n) is 2.99. The van der Waals surface area contributed by atoms with Crippen LogP contribution in [0.1, 0.15) is 0 Å². The Labute approximate surface area is 106 Å². The Morgan fingerprint density at radius 1 is 1.33 bits per heavy atom. The fraction of sp³-hybridized carbons (Fsp3) is 0.100. The molecule has 0 saturated carbocycles. The summed E-state index contributed by atoms with van der Waals surface area (Å²) in [6, 6.07) is 3.79. The Bertz CT molecular complexity index is 528. The van der Waals surface area contributed by atoms with E-state index in [0.29, 0.717) is 15.6 Å². The number of halogens is 3. The molecule has 0 aliphatic heterocycles. The highest BCUT2D eigenvalue weighted by Crippen LogP contribution is 2.38. The van der Waals surface area contributed by atoms with Crippen molar-refractivity contribution in [2.45, 2.75) is 0 Å². The Morgan fingerprint density at radius 2 is 2.07 bits per heavy atom. The summed E-state index contributed by atoms with van der Waals surface area (Å²) in [6.45, 7) is 0. The molecule has 15 heavy (non-hydrogen) atoms. The van der Waals surface area contributed by atoms with Crippen molar-refractivity contribution in [1.82, 2.24) is 4.98 Å². The highest BCUT2D eigenvalue weighted by molar-refractivity contribution is 9.10. The van der Waals surface area contributed by atoms with Gasteiger partial charge in [0.1, 0.15) is 0 Å². The van der Waals surface area contributed by atoms with E-state index in [2.05, 4.69) is 26.2 Å². The van der Waals surface area contributed by atoms with Gasteiger partial charge in [0.2, 0.25) is 0 Å². The number of nitrogens with zero attached hydrogens (tertiary/aromatic N) is 1. The number of aromatic nitrogens is 1. The van der Waals surface area contributed by atoms with Gasteiger partial charge in [-0.05, 0) is 28.1 Å². The number of fused-ring (bicyclic) bond motifs is 1. The first-order valence-corrected chi connectivity index (χ1v) is 5.80. The third-order valence-electron chi connectivity index (χ3n) is 2.14. The molecule has 0 fully saturated rings. The smallest absolute Gasteiger partial charge is 0.0924 e. The fourth-order valence-corrected chi connectivity index (χ4v) is 2.35. The van der Waals surface area contributed by atoms with E-state index in [-0.39, 0.29) is 0 Å². The summed E-state index contributed by atoms with van der Waals surface area (Å²) in [5.74, 6) is 0. The summed E-state index contributed by atoms with van der Waals surface area (Å²) in [7, 11) is 1.85. The van der Waals surface area contributed by atoms with Crippen LogP contribution >= 0.6 is 39.1 Å². The zero-order valence-electron chi connectivity index (χ0n) is 7.81. The maximum Gasteiger partial charge on any atom is 0.0924 e. The zero-order chi connectivity index (χ0) is 11.0. The lowest BCUT2D eigenvalue weighted by Crippen LogP contribution is -1.91. The van der Waals surface area contributed by atoms with Crippen molar-refractivity contribution in [3.63, 3.8) is 0 Å². The van der Waals surface area contributed by atoms with Crippen molar-refractivity contribution in [1.29, 1.82) is 0 Å². The minimum atomic E-state index is 0.471. The van der Waals surface area contributed by atoms with Crippen molar-refractivity contribution in [3.8, 4) is 0 Å². The number of nitrogens with one attached hydrogen (secondary N) is 1. The van der Waals surface area contributed by atoms with Gasteiger partial charge >= 0.3 is 0 Å². The summed E-state index contributed by atoms with van der Waals surface area (Å²) in [5.41, 5.74) is 1.68. The van der Waals surface area contributed by atoms with E-state index in [9.17, 15) is 0 Å². The van der Waals surface area contributed by atoms with Crippen LogP contribution in [0.3, 0.4) is 0 Å². The Morgan fingerprint density at radius 3 is 2.73 bits per heavy atom. The lowest BCUT2D eigenvalue weighted by Gasteiger charge is -2.08. The molecular formula is C10H7BrCl2N2. The molecule has 0 saturated heterocycles. The topological polar surface area (TPSA) is 24.9 Å². The first-order chi connectivity index (χ1) is 7.15. The van der Waals surface area contributed by atoms with E-state index in [1.807, 2.05) is 19.2 Å². The lowest BCUT2D eigenvalue weighted by molar-refractivity contribution is 1.39. The van der Waals surface area contributed by atoms with Gasteiger partial charge in [0, 0.05) is 28.8 Å². The van der Waals surface area contributed by atoms with Crippen LogP contribution in [-0.2, 0) is 0 Å². The third kappa shape index (κ3) is 1.80. The largest absolute Gasteiger partial charge is 0.388 e. The standard InChI is InChI=1S/C10H7BrCl2N2/c1-14-7-2-3-15-10-5(7)4-6(11)8(12)9(10)13/h2-4H,1H3,(H,14,15). The molecule has 1 N–H and O–H groups in total. The van der Waals surface area contributed by atoms with E-state index >= 15 is 0 Å². The average Bonchev–Trinajstić information content (AvgIpc) is 2.25. The molecule has 2 rings (SSSR count). The molecule has 0 aliphatic rings. The molecule has 2 aromatic rings. The third-order valence-corrected chi connectivity index (χ3v) is 3.85. The molecule has 0 aliphatic carbocycles. The van der Waals surface area contributed by atoms with Crippen LogP contribution in [0, 0.1) is 0 Å². The van der Waals surface area contributed by atoms with Gasteiger partial charge in [-0.2, -0.15) is 0 Å². The zero-order valence-corrected chi connectivity index (χ0v) is 10.9. The van der Waals surface area contributed by atoms with Crippen molar-refractivity contribution in [2.24, 2.45) is 0 Å². The molecule has 1 aromatic carbocycles. The molecule has 0 amide bonds. The number of hydrogen-bond acceptors (Lipinski definition) is 2. The Balaban J connectivity index is 2.91. The average molecular weight is 306 g/mol. The van der Waals surface area contributed by atoms with Gasteiger partial charge in [-0.15, -0.1) is 0 Å². The Kier molecular flexibility index (Phi) is 3.05. The van der Waals surface area contributed by atoms with Gasteiger partial charge in [0.25, 0.3) is 0 Å². The summed E-state index contributed by atoms with van der Waals surface area (Å²) < 4.78 is 0.770. The minimum Gasteiger partial charge on any atom is -0.388 e. The molecule has 0 bridgehead atoms.